The second-order valence-corrected chi connectivity index (χ2v) is 5.65. The molecular weight excluding hydrogens is 286 g/mol. The highest BCUT2D eigenvalue weighted by atomic mass is 35.5. The third-order valence-electron chi connectivity index (χ3n) is 3.76. The molecule has 0 radical (unpaired) electrons. The van der Waals surface area contributed by atoms with Gasteiger partial charge in [0.1, 0.15) is 0 Å². The maximum absolute atomic E-state index is 11.5. The maximum atomic E-state index is 11.5. The third-order valence-corrected chi connectivity index (χ3v) is 4.01. The fourth-order valence-electron chi connectivity index (χ4n) is 2.72. The number of hydrogen-bond donors (Lipinski definition) is 2. The van der Waals surface area contributed by atoms with Crippen molar-refractivity contribution < 1.29 is 4.79 Å². The van der Waals surface area contributed by atoms with Gasteiger partial charge in [-0.15, -0.1) is 0 Å². The molecule has 3 N–H and O–H groups in total. The second kappa shape index (κ2) is 5.74. The Kier molecular flexibility index (Phi) is 3.80. The second-order valence-electron chi connectivity index (χ2n) is 5.22. The van der Waals surface area contributed by atoms with E-state index in [-0.39, 0.29) is 0 Å². The number of benzene rings is 1. The fraction of sp³-hybridized carbons (Fsp3) is 0.250. The first-order valence-corrected chi connectivity index (χ1v) is 7.36. The molecule has 0 atom stereocenters. The summed E-state index contributed by atoms with van der Waals surface area (Å²) in [6.45, 7) is 0. The number of H-pyrrole nitrogens is 1. The number of halogens is 1. The average Bonchev–Trinajstić information content (AvgIpc) is 2.79. The van der Waals surface area contributed by atoms with Gasteiger partial charge in [-0.05, 0) is 55.0 Å². The molecular formula is C16H16ClN3O. The summed E-state index contributed by atoms with van der Waals surface area (Å²) in [6.07, 6.45) is 6.02. The van der Waals surface area contributed by atoms with E-state index in [1.54, 1.807) is 0 Å². The smallest absolute Gasteiger partial charge is 0.269 e. The van der Waals surface area contributed by atoms with Gasteiger partial charge in [0.15, 0.2) is 5.69 Å². The summed E-state index contributed by atoms with van der Waals surface area (Å²) in [4.78, 5) is 11.5. The van der Waals surface area contributed by atoms with Crippen LogP contribution in [0.2, 0.25) is 5.02 Å². The van der Waals surface area contributed by atoms with E-state index in [9.17, 15) is 4.79 Å². The number of allylic oxidation sites excluding steroid dienone is 1. The summed E-state index contributed by atoms with van der Waals surface area (Å²) in [5.41, 5.74) is 9.89. The van der Waals surface area contributed by atoms with Gasteiger partial charge in [0.25, 0.3) is 5.91 Å². The van der Waals surface area contributed by atoms with Gasteiger partial charge in [0.05, 0.1) is 5.69 Å². The molecule has 1 amide bonds. The van der Waals surface area contributed by atoms with Gasteiger partial charge < -0.3 is 5.73 Å². The van der Waals surface area contributed by atoms with Crippen molar-refractivity contribution in [3.63, 3.8) is 0 Å². The number of carbonyl (C=O) groups is 1. The lowest BCUT2D eigenvalue weighted by Crippen LogP contribution is -2.13. The summed E-state index contributed by atoms with van der Waals surface area (Å²) in [5.74, 6) is -0.472. The molecule has 1 heterocycles. The van der Waals surface area contributed by atoms with Crippen molar-refractivity contribution >= 4 is 29.2 Å². The molecule has 1 aromatic carbocycles. The Hall–Kier alpha value is -2.07. The first-order chi connectivity index (χ1) is 10.1. The molecule has 0 aliphatic heterocycles. The predicted molar refractivity (Wildman–Crippen MR) is 84.0 cm³/mol. The van der Waals surface area contributed by atoms with Crippen LogP contribution in [-0.2, 0) is 6.42 Å². The Bertz CT molecular complexity index is 701. The molecule has 0 bridgehead atoms. The largest absolute Gasteiger partial charge is 0.364 e. The molecule has 108 valence electrons. The molecule has 21 heavy (non-hydrogen) atoms. The zero-order valence-electron chi connectivity index (χ0n) is 11.5. The minimum atomic E-state index is -0.472. The molecule has 0 fully saturated rings. The highest BCUT2D eigenvalue weighted by molar-refractivity contribution is 6.30. The normalized spacial score (nSPS) is 16.5. The number of nitrogens with two attached hydrogens (primary N) is 1. The van der Waals surface area contributed by atoms with Crippen molar-refractivity contribution in [2.45, 2.75) is 25.7 Å². The van der Waals surface area contributed by atoms with Crippen LogP contribution in [0.1, 0.15) is 46.6 Å². The van der Waals surface area contributed by atoms with E-state index in [1.165, 1.54) is 0 Å². The zero-order valence-corrected chi connectivity index (χ0v) is 12.3. The van der Waals surface area contributed by atoms with Crippen molar-refractivity contribution in [2.75, 3.05) is 0 Å². The Morgan fingerprint density at radius 1 is 1.24 bits per heavy atom. The summed E-state index contributed by atoms with van der Waals surface area (Å²) >= 11 is 5.91. The number of nitrogens with one attached hydrogen (secondary N) is 1. The van der Waals surface area contributed by atoms with Gasteiger partial charge in [0, 0.05) is 10.6 Å². The van der Waals surface area contributed by atoms with Gasteiger partial charge >= 0.3 is 0 Å². The number of amides is 1. The molecule has 0 saturated heterocycles. The standard InChI is InChI=1S/C16H16ClN3O/c17-12-7-5-10(6-8-12)9-11-3-1-2-4-13-14(11)19-20-15(13)16(18)21/h5-9H,1-4H2,(H2,18,21)(H,19,20)/b11-9+. The summed E-state index contributed by atoms with van der Waals surface area (Å²) in [5, 5.41) is 7.79. The van der Waals surface area contributed by atoms with Crippen LogP contribution >= 0.6 is 11.6 Å². The number of fused-ring (bicyclic) bond motifs is 1. The summed E-state index contributed by atoms with van der Waals surface area (Å²) < 4.78 is 0. The highest BCUT2D eigenvalue weighted by Crippen LogP contribution is 2.31. The first kappa shape index (κ1) is 13.9. The highest BCUT2D eigenvalue weighted by Gasteiger charge is 2.21. The lowest BCUT2D eigenvalue weighted by Gasteiger charge is -2.04. The molecule has 0 saturated carbocycles. The number of carbonyl (C=O) groups excluding carboxylic acids is 1. The van der Waals surface area contributed by atoms with Crippen molar-refractivity contribution in [2.24, 2.45) is 5.73 Å². The van der Waals surface area contributed by atoms with Gasteiger partial charge in [-0.2, -0.15) is 5.10 Å². The number of nitrogens with zero attached hydrogens (tertiary/aromatic N) is 1. The van der Waals surface area contributed by atoms with E-state index in [2.05, 4.69) is 16.3 Å². The molecule has 5 heteroatoms. The monoisotopic (exact) mass is 301 g/mol. The molecule has 1 aliphatic carbocycles. The van der Waals surface area contributed by atoms with Crippen molar-refractivity contribution in [1.29, 1.82) is 0 Å². The molecule has 2 aromatic rings. The van der Waals surface area contributed by atoms with Crippen LogP contribution in [0.5, 0.6) is 0 Å². The molecule has 0 unspecified atom stereocenters. The van der Waals surface area contributed by atoms with E-state index in [1.807, 2.05) is 24.3 Å². The number of aromatic amines is 1. The van der Waals surface area contributed by atoms with Gasteiger partial charge in [-0.1, -0.05) is 23.7 Å². The predicted octanol–water partition coefficient (Wildman–Crippen LogP) is 3.43. The maximum Gasteiger partial charge on any atom is 0.269 e. The SMILES string of the molecule is NC(=O)c1n[nH]c2c1CCCC/C2=C\c1ccc(Cl)cc1. The summed E-state index contributed by atoms with van der Waals surface area (Å²) in [6, 6.07) is 7.69. The minimum Gasteiger partial charge on any atom is -0.364 e. The van der Waals surface area contributed by atoms with E-state index in [0.717, 1.165) is 53.1 Å². The quantitative estimate of drug-likeness (QED) is 0.834. The van der Waals surface area contributed by atoms with Crippen LogP contribution in [0.4, 0.5) is 0 Å². The number of hydrogen-bond acceptors (Lipinski definition) is 2. The van der Waals surface area contributed by atoms with E-state index in [4.69, 9.17) is 17.3 Å². The molecule has 3 rings (SSSR count). The molecule has 4 nitrogen and oxygen atoms in total. The third kappa shape index (κ3) is 2.85. The van der Waals surface area contributed by atoms with Crippen LogP contribution in [-0.4, -0.2) is 16.1 Å². The van der Waals surface area contributed by atoms with Gasteiger partial charge in [-0.3, -0.25) is 9.89 Å². The molecule has 1 aliphatic rings. The van der Waals surface area contributed by atoms with Crippen LogP contribution in [0.3, 0.4) is 0 Å². The van der Waals surface area contributed by atoms with Crippen LogP contribution in [0.15, 0.2) is 24.3 Å². The average molecular weight is 302 g/mol. The van der Waals surface area contributed by atoms with E-state index >= 15 is 0 Å². The minimum absolute atomic E-state index is 0.369. The number of rotatable bonds is 2. The summed E-state index contributed by atoms with van der Waals surface area (Å²) in [7, 11) is 0. The number of aromatic nitrogens is 2. The Balaban J connectivity index is 2.04. The van der Waals surface area contributed by atoms with Gasteiger partial charge in [0.2, 0.25) is 0 Å². The molecule has 0 spiro atoms. The van der Waals surface area contributed by atoms with E-state index < -0.39 is 5.91 Å². The Morgan fingerprint density at radius 3 is 2.67 bits per heavy atom. The van der Waals surface area contributed by atoms with Crippen molar-refractivity contribution in [1.82, 2.24) is 10.2 Å². The lowest BCUT2D eigenvalue weighted by molar-refractivity contribution is 0.0994. The fourth-order valence-corrected chi connectivity index (χ4v) is 2.85. The van der Waals surface area contributed by atoms with Crippen LogP contribution in [0.25, 0.3) is 11.6 Å². The first-order valence-electron chi connectivity index (χ1n) is 6.98. The van der Waals surface area contributed by atoms with Crippen molar-refractivity contribution in [3.05, 3.63) is 51.8 Å². The van der Waals surface area contributed by atoms with Crippen LogP contribution < -0.4 is 5.73 Å². The zero-order chi connectivity index (χ0) is 14.8. The van der Waals surface area contributed by atoms with E-state index in [0.29, 0.717) is 5.69 Å². The van der Waals surface area contributed by atoms with Crippen molar-refractivity contribution in [3.8, 4) is 0 Å². The lowest BCUT2D eigenvalue weighted by atomic mass is 10.0. The molecule has 1 aromatic heterocycles. The number of primary amides is 1. The Morgan fingerprint density at radius 2 is 1.95 bits per heavy atom. The Labute approximate surface area is 128 Å². The topological polar surface area (TPSA) is 71.8 Å². The van der Waals surface area contributed by atoms with Gasteiger partial charge in [-0.25, -0.2) is 0 Å². The van der Waals surface area contributed by atoms with Crippen LogP contribution in [0, 0.1) is 0 Å².